The van der Waals surface area contributed by atoms with Gasteiger partial charge in [0, 0.05) is 25.2 Å². The number of amides is 1. The molecule has 0 radical (unpaired) electrons. The third-order valence-corrected chi connectivity index (χ3v) is 3.51. The second kappa shape index (κ2) is 6.41. The van der Waals surface area contributed by atoms with Gasteiger partial charge < -0.3 is 15.4 Å². The molecule has 1 aromatic rings. The zero-order valence-corrected chi connectivity index (χ0v) is 11.7. The van der Waals surface area contributed by atoms with Crippen LogP contribution in [0.2, 0.25) is 0 Å². The van der Waals surface area contributed by atoms with Gasteiger partial charge in [-0.3, -0.25) is 9.59 Å². The molecule has 0 saturated carbocycles. The van der Waals surface area contributed by atoms with Crippen molar-refractivity contribution in [3.63, 3.8) is 0 Å². The number of aryl methyl sites for hydroxylation is 1. The third-order valence-electron chi connectivity index (χ3n) is 3.51. The normalized spacial score (nSPS) is 14.8. The minimum Gasteiger partial charge on any atom is -0.466 e. The Morgan fingerprint density at radius 3 is 2.50 bits per heavy atom. The molecule has 1 amide bonds. The van der Waals surface area contributed by atoms with Crippen LogP contribution in [0.25, 0.3) is 0 Å². The molecular weight excluding hydrogens is 256 g/mol. The minimum atomic E-state index is -0.229. The van der Waals surface area contributed by atoms with Crippen molar-refractivity contribution in [2.24, 2.45) is 11.7 Å². The van der Waals surface area contributed by atoms with Crippen LogP contribution in [0.3, 0.4) is 0 Å². The molecule has 1 aliphatic heterocycles. The molecule has 0 aliphatic carbocycles. The van der Waals surface area contributed by atoms with Crippen LogP contribution < -0.4 is 10.6 Å². The number of nitrogens with two attached hydrogens (primary N) is 1. The summed E-state index contributed by atoms with van der Waals surface area (Å²) < 4.78 is 4.90. The van der Waals surface area contributed by atoms with Gasteiger partial charge in [-0.2, -0.15) is 0 Å². The monoisotopic (exact) mass is 276 g/mol. The molecular formula is C15H20N2O3. The number of hydrogen-bond acceptors (Lipinski definition) is 4. The van der Waals surface area contributed by atoms with Crippen molar-refractivity contribution in [2.75, 3.05) is 24.6 Å². The van der Waals surface area contributed by atoms with Crippen LogP contribution in [-0.2, 0) is 20.7 Å². The van der Waals surface area contributed by atoms with E-state index in [9.17, 15) is 9.59 Å². The molecule has 0 bridgehead atoms. The highest BCUT2D eigenvalue weighted by Crippen LogP contribution is 2.24. The molecule has 1 fully saturated rings. The molecule has 5 heteroatoms. The summed E-state index contributed by atoms with van der Waals surface area (Å²) in [4.78, 5) is 24.4. The van der Waals surface area contributed by atoms with Crippen molar-refractivity contribution in [1.82, 2.24) is 0 Å². The highest BCUT2D eigenvalue weighted by Gasteiger charge is 2.30. The Labute approximate surface area is 118 Å². The van der Waals surface area contributed by atoms with Gasteiger partial charge in [0.05, 0.1) is 12.5 Å². The smallest absolute Gasteiger partial charge is 0.306 e. The fraction of sp³-hybridized carbons (Fsp3) is 0.467. The Morgan fingerprint density at radius 2 is 1.95 bits per heavy atom. The van der Waals surface area contributed by atoms with E-state index in [1.807, 2.05) is 24.3 Å². The largest absolute Gasteiger partial charge is 0.466 e. The summed E-state index contributed by atoms with van der Waals surface area (Å²) in [5.74, 6) is -0.422. The summed E-state index contributed by atoms with van der Waals surface area (Å²) in [5, 5.41) is 0. The number of primary amides is 1. The molecule has 0 aromatic heterocycles. The zero-order chi connectivity index (χ0) is 14.5. The number of ether oxygens (including phenoxy) is 1. The lowest BCUT2D eigenvalue weighted by atomic mass is 9.98. The average molecular weight is 276 g/mol. The Bertz CT molecular complexity index is 478. The van der Waals surface area contributed by atoms with Gasteiger partial charge in [0.25, 0.3) is 0 Å². The van der Waals surface area contributed by atoms with Crippen molar-refractivity contribution in [3.05, 3.63) is 29.8 Å². The molecule has 1 aromatic carbocycles. The molecule has 1 saturated heterocycles. The third kappa shape index (κ3) is 3.50. The summed E-state index contributed by atoms with van der Waals surface area (Å²) in [6, 6.07) is 8.04. The van der Waals surface area contributed by atoms with Gasteiger partial charge in [-0.05, 0) is 31.0 Å². The van der Waals surface area contributed by atoms with E-state index in [0.717, 1.165) is 11.3 Å². The predicted octanol–water partition coefficient (Wildman–Crippen LogP) is 1.10. The van der Waals surface area contributed by atoms with E-state index in [1.165, 1.54) is 0 Å². The topological polar surface area (TPSA) is 72.6 Å². The number of esters is 1. The van der Waals surface area contributed by atoms with Crippen LogP contribution in [-0.4, -0.2) is 31.6 Å². The van der Waals surface area contributed by atoms with Gasteiger partial charge in [0.2, 0.25) is 5.91 Å². The summed E-state index contributed by atoms with van der Waals surface area (Å²) in [7, 11) is 0. The van der Waals surface area contributed by atoms with E-state index in [2.05, 4.69) is 4.90 Å². The van der Waals surface area contributed by atoms with E-state index in [4.69, 9.17) is 10.5 Å². The average Bonchev–Trinajstić information content (AvgIpc) is 2.36. The zero-order valence-electron chi connectivity index (χ0n) is 11.7. The summed E-state index contributed by atoms with van der Waals surface area (Å²) in [6.07, 6.45) is 1.09. The van der Waals surface area contributed by atoms with Gasteiger partial charge in [0.15, 0.2) is 0 Å². The van der Waals surface area contributed by atoms with Crippen molar-refractivity contribution >= 4 is 17.6 Å². The van der Waals surface area contributed by atoms with Crippen LogP contribution in [0.5, 0.6) is 0 Å². The first-order chi connectivity index (χ1) is 9.60. The summed E-state index contributed by atoms with van der Waals surface area (Å²) >= 11 is 0. The lowest BCUT2D eigenvalue weighted by Gasteiger charge is -2.39. The quantitative estimate of drug-likeness (QED) is 0.790. The first kappa shape index (κ1) is 14.4. The first-order valence-electron chi connectivity index (χ1n) is 6.89. The van der Waals surface area contributed by atoms with E-state index >= 15 is 0 Å². The minimum absolute atomic E-state index is 0.0292. The number of carbonyl (C=O) groups excluding carboxylic acids is 2. The van der Waals surface area contributed by atoms with E-state index < -0.39 is 0 Å². The number of hydrogen-bond donors (Lipinski definition) is 1. The van der Waals surface area contributed by atoms with Gasteiger partial charge in [-0.1, -0.05) is 12.1 Å². The summed E-state index contributed by atoms with van der Waals surface area (Å²) in [5.41, 5.74) is 7.44. The lowest BCUT2D eigenvalue weighted by Crippen LogP contribution is -2.52. The number of rotatable bonds is 6. The Kier molecular flexibility index (Phi) is 4.61. The van der Waals surface area contributed by atoms with Crippen LogP contribution in [0.15, 0.2) is 24.3 Å². The molecule has 1 aliphatic rings. The van der Waals surface area contributed by atoms with Crippen molar-refractivity contribution < 1.29 is 14.3 Å². The second-order valence-corrected chi connectivity index (χ2v) is 4.98. The molecule has 0 atom stereocenters. The maximum absolute atomic E-state index is 11.3. The summed E-state index contributed by atoms with van der Waals surface area (Å²) in [6.45, 7) is 3.61. The Balaban J connectivity index is 1.82. The fourth-order valence-electron chi connectivity index (χ4n) is 2.22. The van der Waals surface area contributed by atoms with Gasteiger partial charge in [-0.15, -0.1) is 0 Å². The van der Waals surface area contributed by atoms with Crippen molar-refractivity contribution in [2.45, 2.75) is 19.8 Å². The molecule has 5 nitrogen and oxygen atoms in total. The number of benzene rings is 1. The number of carbonyl (C=O) groups is 2. The molecule has 0 unspecified atom stereocenters. The second-order valence-electron chi connectivity index (χ2n) is 4.98. The maximum atomic E-state index is 11.3. The lowest BCUT2D eigenvalue weighted by molar-refractivity contribution is -0.143. The molecule has 2 rings (SSSR count). The molecule has 0 spiro atoms. The SMILES string of the molecule is CCOC(=O)CCc1ccc(N2CC(C(N)=O)C2)cc1. The van der Waals surface area contributed by atoms with Crippen LogP contribution in [0.4, 0.5) is 5.69 Å². The van der Waals surface area contributed by atoms with E-state index in [1.54, 1.807) is 6.92 Å². The number of anilines is 1. The van der Waals surface area contributed by atoms with Gasteiger partial charge in [0.1, 0.15) is 0 Å². The highest BCUT2D eigenvalue weighted by molar-refractivity contribution is 5.80. The first-order valence-corrected chi connectivity index (χ1v) is 6.89. The maximum Gasteiger partial charge on any atom is 0.306 e. The van der Waals surface area contributed by atoms with Crippen LogP contribution in [0.1, 0.15) is 18.9 Å². The standard InChI is InChI=1S/C15H20N2O3/c1-2-20-14(18)8-5-11-3-6-13(7-4-11)17-9-12(10-17)15(16)19/h3-4,6-7,12H,2,5,8-10H2,1H3,(H2,16,19). The predicted molar refractivity (Wildman–Crippen MR) is 76.3 cm³/mol. The highest BCUT2D eigenvalue weighted by atomic mass is 16.5. The number of nitrogens with zero attached hydrogens (tertiary/aromatic N) is 1. The van der Waals surface area contributed by atoms with Crippen molar-refractivity contribution in [3.8, 4) is 0 Å². The van der Waals surface area contributed by atoms with Gasteiger partial charge >= 0.3 is 5.97 Å². The van der Waals surface area contributed by atoms with Crippen LogP contribution in [0, 0.1) is 5.92 Å². The van der Waals surface area contributed by atoms with Gasteiger partial charge in [-0.25, -0.2) is 0 Å². The molecule has 2 N–H and O–H groups in total. The van der Waals surface area contributed by atoms with E-state index in [-0.39, 0.29) is 17.8 Å². The molecule has 108 valence electrons. The molecule has 1 heterocycles. The van der Waals surface area contributed by atoms with Crippen molar-refractivity contribution in [1.29, 1.82) is 0 Å². The van der Waals surface area contributed by atoms with E-state index in [0.29, 0.717) is 32.5 Å². The Morgan fingerprint density at radius 1 is 1.30 bits per heavy atom. The molecule has 20 heavy (non-hydrogen) atoms. The Hall–Kier alpha value is -2.04. The fourth-order valence-corrected chi connectivity index (χ4v) is 2.22. The van der Waals surface area contributed by atoms with Crippen LogP contribution >= 0.6 is 0 Å².